The molecule has 1 heterocycles. The lowest BCUT2D eigenvalue weighted by Crippen LogP contribution is -2.52. The Labute approximate surface area is 146 Å². The van der Waals surface area contributed by atoms with Crippen molar-refractivity contribution in [1.29, 1.82) is 0 Å². The van der Waals surface area contributed by atoms with Crippen LogP contribution in [0.15, 0.2) is 4.99 Å². The van der Waals surface area contributed by atoms with Crippen molar-refractivity contribution in [3.8, 4) is 0 Å². The Morgan fingerprint density at radius 1 is 1.33 bits per heavy atom. The molecule has 5 nitrogen and oxygen atoms in total. The maximum Gasteiger partial charge on any atom is 0.191 e. The van der Waals surface area contributed by atoms with Gasteiger partial charge in [-0.1, -0.05) is 6.92 Å². The Hall–Kier alpha value is -0.0800. The number of nitrogens with one attached hydrogen (secondary N) is 2. The van der Waals surface area contributed by atoms with Gasteiger partial charge in [0.05, 0.1) is 6.54 Å². The maximum atomic E-state index is 5.51. The average Bonchev–Trinajstić information content (AvgIpc) is 3.12. The van der Waals surface area contributed by atoms with Crippen LogP contribution in [0.5, 0.6) is 0 Å². The summed E-state index contributed by atoms with van der Waals surface area (Å²) in [4.78, 5) is 7.16. The summed E-state index contributed by atoms with van der Waals surface area (Å²) in [6.07, 6.45) is 3.38. The second kappa shape index (κ2) is 8.53. The first-order valence-electron chi connectivity index (χ1n) is 7.87. The number of ether oxygens (including phenoxy) is 1. The van der Waals surface area contributed by atoms with Gasteiger partial charge in [-0.05, 0) is 46.2 Å². The van der Waals surface area contributed by atoms with E-state index in [0.29, 0.717) is 6.04 Å². The highest BCUT2D eigenvalue weighted by Gasteiger charge is 2.36. The highest BCUT2D eigenvalue weighted by molar-refractivity contribution is 14.0. The molecule has 2 aliphatic rings. The molecule has 1 saturated carbocycles. The van der Waals surface area contributed by atoms with Crippen molar-refractivity contribution in [3.63, 3.8) is 0 Å². The van der Waals surface area contributed by atoms with Gasteiger partial charge < -0.3 is 20.3 Å². The van der Waals surface area contributed by atoms with E-state index in [2.05, 4.69) is 43.5 Å². The zero-order valence-corrected chi connectivity index (χ0v) is 16.1. The van der Waals surface area contributed by atoms with Crippen LogP contribution >= 0.6 is 24.0 Å². The second-order valence-corrected chi connectivity index (χ2v) is 6.39. The van der Waals surface area contributed by atoms with E-state index in [9.17, 15) is 0 Å². The summed E-state index contributed by atoms with van der Waals surface area (Å²) < 4.78 is 5.51. The summed E-state index contributed by atoms with van der Waals surface area (Å²) >= 11 is 0. The second-order valence-electron chi connectivity index (χ2n) is 6.39. The summed E-state index contributed by atoms with van der Waals surface area (Å²) in [5, 5.41) is 6.89. The van der Waals surface area contributed by atoms with Crippen molar-refractivity contribution in [1.82, 2.24) is 15.5 Å². The molecule has 0 aromatic rings. The van der Waals surface area contributed by atoms with Crippen molar-refractivity contribution in [2.45, 2.75) is 44.7 Å². The van der Waals surface area contributed by atoms with E-state index < -0.39 is 0 Å². The lowest BCUT2D eigenvalue weighted by molar-refractivity contribution is -0.00255. The molecule has 0 aromatic carbocycles. The highest BCUT2D eigenvalue weighted by Crippen LogP contribution is 2.29. The summed E-state index contributed by atoms with van der Waals surface area (Å²) in [5.41, 5.74) is 0.149. The molecule has 2 fully saturated rings. The summed E-state index contributed by atoms with van der Waals surface area (Å²) in [5.74, 6) is 1.75. The lowest BCUT2D eigenvalue weighted by Gasteiger charge is -2.41. The van der Waals surface area contributed by atoms with Gasteiger partial charge in [0.2, 0.25) is 0 Å². The molecule has 0 amide bonds. The van der Waals surface area contributed by atoms with E-state index in [-0.39, 0.29) is 29.5 Å². The Morgan fingerprint density at radius 3 is 2.43 bits per heavy atom. The lowest BCUT2D eigenvalue weighted by atomic mass is 9.89. The molecule has 2 unspecified atom stereocenters. The molecule has 0 spiro atoms. The normalized spacial score (nSPS) is 28.0. The van der Waals surface area contributed by atoms with Gasteiger partial charge in [0.1, 0.15) is 0 Å². The molecule has 2 rings (SSSR count). The van der Waals surface area contributed by atoms with Crippen LogP contribution in [0.4, 0.5) is 0 Å². The van der Waals surface area contributed by atoms with Crippen molar-refractivity contribution in [2.24, 2.45) is 10.9 Å². The smallest absolute Gasteiger partial charge is 0.191 e. The number of likely N-dealkylation sites (N-methyl/N-ethyl adjacent to an activating group) is 1. The van der Waals surface area contributed by atoms with E-state index in [1.165, 1.54) is 6.42 Å². The summed E-state index contributed by atoms with van der Waals surface area (Å²) in [7, 11) is 4.31. The number of aliphatic imine (C=N–C) groups is 1. The topological polar surface area (TPSA) is 48.9 Å². The molecule has 1 aliphatic heterocycles. The summed E-state index contributed by atoms with van der Waals surface area (Å²) in [6.45, 7) is 7.82. The third-order valence-corrected chi connectivity index (χ3v) is 4.68. The molecule has 0 bridgehead atoms. The Balaban J connectivity index is 0.00000220. The van der Waals surface area contributed by atoms with Gasteiger partial charge in [0.15, 0.2) is 5.96 Å². The molecular weight excluding hydrogens is 379 g/mol. The first-order chi connectivity index (χ1) is 9.57. The standard InChI is InChI=1S/C15H30N4O.HI/c1-5-16-14(18-13-10-12(13)2)17-11-15(19(3)4)6-8-20-9-7-15;/h12-13H,5-11H2,1-4H3,(H2,16,17,18);1H. The predicted octanol–water partition coefficient (Wildman–Crippen LogP) is 1.68. The van der Waals surface area contributed by atoms with Gasteiger partial charge >= 0.3 is 0 Å². The minimum absolute atomic E-state index is 0. The molecule has 6 heteroatoms. The number of guanidine groups is 1. The molecule has 1 aliphatic carbocycles. The fraction of sp³-hybridized carbons (Fsp3) is 0.933. The molecule has 2 N–H and O–H groups in total. The monoisotopic (exact) mass is 410 g/mol. The van der Waals surface area contributed by atoms with Gasteiger partial charge in [0.25, 0.3) is 0 Å². The fourth-order valence-electron chi connectivity index (χ4n) is 2.74. The Bertz CT molecular complexity index is 343. The molecule has 0 aromatic heterocycles. The van der Waals surface area contributed by atoms with E-state index in [1.54, 1.807) is 0 Å². The zero-order chi connectivity index (χ0) is 14.6. The number of nitrogens with zero attached hydrogens (tertiary/aromatic N) is 2. The first kappa shape index (κ1) is 19.0. The largest absolute Gasteiger partial charge is 0.381 e. The van der Waals surface area contributed by atoms with E-state index >= 15 is 0 Å². The van der Waals surface area contributed by atoms with Crippen LogP contribution in [-0.2, 0) is 4.74 Å². The van der Waals surface area contributed by atoms with Crippen molar-refractivity contribution < 1.29 is 4.74 Å². The van der Waals surface area contributed by atoms with Crippen molar-refractivity contribution >= 4 is 29.9 Å². The number of rotatable bonds is 5. The van der Waals surface area contributed by atoms with Crippen LogP contribution < -0.4 is 10.6 Å². The zero-order valence-electron chi connectivity index (χ0n) is 13.8. The Morgan fingerprint density at radius 2 is 1.95 bits per heavy atom. The van der Waals surface area contributed by atoms with Gasteiger partial charge in [-0.15, -0.1) is 24.0 Å². The van der Waals surface area contributed by atoms with Crippen LogP contribution in [0.2, 0.25) is 0 Å². The SMILES string of the molecule is CCNC(=NCC1(N(C)C)CCOCC1)NC1CC1C.I. The third kappa shape index (κ3) is 5.25. The van der Waals surface area contributed by atoms with E-state index in [1.807, 2.05) is 0 Å². The number of halogens is 1. The molecule has 0 radical (unpaired) electrons. The highest BCUT2D eigenvalue weighted by atomic mass is 127. The van der Waals surface area contributed by atoms with E-state index in [4.69, 9.17) is 9.73 Å². The van der Waals surface area contributed by atoms with Gasteiger partial charge in [-0.3, -0.25) is 4.99 Å². The quantitative estimate of drug-likeness (QED) is 0.412. The number of hydrogen-bond donors (Lipinski definition) is 2. The van der Waals surface area contributed by atoms with Gasteiger partial charge in [-0.25, -0.2) is 0 Å². The van der Waals surface area contributed by atoms with Crippen LogP contribution in [0.3, 0.4) is 0 Å². The minimum atomic E-state index is 0. The minimum Gasteiger partial charge on any atom is -0.381 e. The van der Waals surface area contributed by atoms with Crippen LogP contribution in [-0.4, -0.2) is 62.8 Å². The number of hydrogen-bond acceptors (Lipinski definition) is 3. The van der Waals surface area contributed by atoms with Crippen molar-refractivity contribution in [2.75, 3.05) is 40.4 Å². The summed E-state index contributed by atoms with van der Waals surface area (Å²) in [6, 6.07) is 0.609. The van der Waals surface area contributed by atoms with Crippen LogP contribution in [0, 0.1) is 5.92 Å². The first-order valence-corrected chi connectivity index (χ1v) is 7.87. The molecule has 2 atom stereocenters. The fourth-order valence-corrected chi connectivity index (χ4v) is 2.74. The predicted molar refractivity (Wildman–Crippen MR) is 98.6 cm³/mol. The van der Waals surface area contributed by atoms with Gasteiger partial charge in [0, 0.05) is 31.3 Å². The third-order valence-electron chi connectivity index (χ3n) is 4.68. The van der Waals surface area contributed by atoms with Gasteiger partial charge in [-0.2, -0.15) is 0 Å². The molecule has 21 heavy (non-hydrogen) atoms. The molecule has 1 saturated heterocycles. The molecule has 124 valence electrons. The van der Waals surface area contributed by atoms with Crippen LogP contribution in [0.1, 0.15) is 33.1 Å². The van der Waals surface area contributed by atoms with Crippen LogP contribution in [0.25, 0.3) is 0 Å². The maximum absolute atomic E-state index is 5.51. The average molecular weight is 410 g/mol. The Kier molecular flexibility index (Phi) is 7.70. The van der Waals surface area contributed by atoms with Crippen molar-refractivity contribution in [3.05, 3.63) is 0 Å². The molecular formula is C15H31IN4O. The van der Waals surface area contributed by atoms with E-state index in [0.717, 1.165) is 51.0 Å².